The van der Waals surface area contributed by atoms with Crippen molar-refractivity contribution in [1.82, 2.24) is 4.98 Å². The van der Waals surface area contributed by atoms with Gasteiger partial charge in [-0.25, -0.2) is 4.98 Å². The number of para-hydroxylation sites is 2. The molecule has 0 aliphatic heterocycles. The number of benzene rings is 2. The molecule has 0 amide bonds. The van der Waals surface area contributed by atoms with Crippen molar-refractivity contribution >= 4 is 48.6 Å². The number of rotatable bonds is 1. The van der Waals surface area contributed by atoms with Gasteiger partial charge < -0.3 is 10.2 Å². The summed E-state index contributed by atoms with van der Waals surface area (Å²) < 4.78 is 7.48. The lowest BCUT2D eigenvalue weighted by molar-refractivity contribution is 0.619. The fourth-order valence-electron chi connectivity index (χ4n) is 1.93. The highest BCUT2D eigenvalue weighted by molar-refractivity contribution is 9.11. The molecule has 0 unspecified atom stereocenters. The van der Waals surface area contributed by atoms with Gasteiger partial charge in [-0.3, -0.25) is 0 Å². The van der Waals surface area contributed by atoms with Crippen LogP contribution in [-0.2, 0) is 0 Å². The molecule has 0 aliphatic carbocycles. The Labute approximate surface area is 127 Å². The van der Waals surface area contributed by atoms with Gasteiger partial charge in [0.1, 0.15) is 5.52 Å². The minimum Gasteiger partial charge on any atom is -0.436 e. The van der Waals surface area contributed by atoms with E-state index in [1.807, 2.05) is 37.3 Å². The van der Waals surface area contributed by atoms with Crippen LogP contribution in [0.5, 0.6) is 0 Å². The molecular weight excluding hydrogens is 372 g/mol. The molecule has 0 spiro atoms. The van der Waals surface area contributed by atoms with Crippen molar-refractivity contribution in [2.45, 2.75) is 6.92 Å². The number of oxazole rings is 1. The maximum atomic E-state index is 6.05. The number of hydrogen-bond donors (Lipinski definition) is 1. The summed E-state index contributed by atoms with van der Waals surface area (Å²) in [7, 11) is 0. The second-order valence-corrected chi connectivity index (χ2v) is 5.91. The molecule has 3 rings (SSSR count). The Bertz CT molecular complexity index is 747. The number of hydrogen-bond acceptors (Lipinski definition) is 3. The first-order chi connectivity index (χ1) is 9.08. The van der Waals surface area contributed by atoms with Crippen LogP contribution in [0.1, 0.15) is 5.56 Å². The van der Waals surface area contributed by atoms with Gasteiger partial charge in [-0.1, -0.05) is 12.1 Å². The topological polar surface area (TPSA) is 52.0 Å². The number of halogens is 2. The summed E-state index contributed by atoms with van der Waals surface area (Å²) in [6, 6.07) is 9.63. The first kappa shape index (κ1) is 12.7. The molecule has 0 aliphatic rings. The van der Waals surface area contributed by atoms with Gasteiger partial charge in [0.25, 0.3) is 0 Å². The molecule has 1 aromatic heterocycles. The van der Waals surface area contributed by atoms with Crippen LogP contribution in [0.4, 0.5) is 5.69 Å². The van der Waals surface area contributed by atoms with Crippen LogP contribution in [0, 0.1) is 6.92 Å². The number of fused-ring (bicyclic) bond motifs is 1. The maximum Gasteiger partial charge on any atom is 0.229 e. The van der Waals surface area contributed by atoms with Crippen LogP contribution in [0.2, 0.25) is 0 Å². The summed E-state index contributed by atoms with van der Waals surface area (Å²) in [5.74, 6) is 0.548. The van der Waals surface area contributed by atoms with Gasteiger partial charge in [0.2, 0.25) is 5.89 Å². The van der Waals surface area contributed by atoms with E-state index in [0.717, 1.165) is 31.2 Å². The van der Waals surface area contributed by atoms with Crippen LogP contribution in [0.3, 0.4) is 0 Å². The predicted molar refractivity (Wildman–Crippen MR) is 84.0 cm³/mol. The Balaban J connectivity index is 2.29. The number of nitrogens with zero attached hydrogens (tertiary/aromatic N) is 1. The van der Waals surface area contributed by atoms with E-state index in [1.54, 1.807) is 0 Å². The fourth-order valence-corrected chi connectivity index (χ4v) is 3.60. The molecule has 2 N–H and O–H groups in total. The van der Waals surface area contributed by atoms with Crippen molar-refractivity contribution < 1.29 is 4.42 Å². The second kappa shape index (κ2) is 4.65. The van der Waals surface area contributed by atoms with E-state index >= 15 is 0 Å². The predicted octanol–water partition coefficient (Wildman–Crippen LogP) is 4.91. The van der Waals surface area contributed by atoms with Gasteiger partial charge in [-0.15, -0.1) is 0 Å². The standard InChI is InChI=1S/C14H10Br2N2O/c1-7-6-8(15)11(12(16)13(7)17)14-18-9-4-2-3-5-10(9)19-14/h2-6H,17H2,1H3. The average molecular weight is 382 g/mol. The van der Waals surface area contributed by atoms with E-state index in [9.17, 15) is 0 Å². The van der Waals surface area contributed by atoms with Crippen molar-refractivity contribution in [3.8, 4) is 11.5 Å². The molecule has 1 heterocycles. The lowest BCUT2D eigenvalue weighted by atomic mass is 10.1. The van der Waals surface area contributed by atoms with E-state index in [-0.39, 0.29) is 0 Å². The first-order valence-corrected chi connectivity index (χ1v) is 7.26. The summed E-state index contributed by atoms with van der Waals surface area (Å²) in [4.78, 5) is 4.49. The Kier molecular flexibility index (Phi) is 3.11. The van der Waals surface area contributed by atoms with Crippen LogP contribution >= 0.6 is 31.9 Å². The molecule has 19 heavy (non-hydrogen) atoms. The molecule has 0 fully saturated rings. The molecule has 0 bridgehead atoms. The van der Waals surface area contributed by atoms with Crippen LogP contribution in [0.15, 0.2) is 43.7 Å². The SMILES string of the molecule is Cc1cc(Br)c(-c2nc3ccccc3o2)c(Br)c1N. The molecule has 96 valence electrons. The monoisotopic (exact) mass is 380 g/mol. The average Bonchev–Trinajstić information content (AvgIpc) is 2.79. The zero-order valence-corrected chi connectivity index (χ0v) is 13.2. The lowest BCUT2D eigenvalue weighted by Crippen LogP contribution is -1.94. The van der Waals surface area contributed by atoms with Crippen molar-refractivity contribution in [2.75, 3.05) is 5.73 Å². The zero-order chi connectivity index (χ0) is 13.6. The molecule has 0 saturated carbocycles. The summed E-state index contributed by atoms with van der Waals surface area (Å²) in [6.45, 7) is 1.96. The summed E-state index contributed by atoms with van der Waals surface area (Å²) in [5.41, 5.74) is 10.2. The highest BCUT2D eigenvalue weighted by Gasteiger charge is 2.18. The minimum absolute atomic E-state index is 0.548. The van der Waals surface area contributed by atoms with Crippen LogP contribution in [0.25, 0.3) is 22.6 Å². The largest absolute Gasteiger partial charge is 0.436 e. The Morgan fingerprint density at radius 2 is 1.95 bits per heavy atom. The molecule has 0 radical (unpaired) electrons. The van der Waals surface area contributed by atoms with E-state index < -0.39 is 0 Å². The second-order valence-electron chi connectivity index (χ2n) is 4.26. The van der Waals surface area contributed by atoms with Crippen molar-refractivity contribution in [3.63, 3.8) is 0 Å². The molecule has 5 heteroatoms. The third-order valence-electron chi connectivity index (χ3n) is 2.97. The molecule has 2 aromatic carbocycles. The van der Waals surface area contributed by atoms with E-state index in [2.05, 4.69) is 36.8 Å². The quantitative estimate of drug-likeness (QED) is 0.609. The highest BCUT2D eigenvalue weighted by atomic mass is 79.9. The summed E-state index contributed by atoms with van der Waals surface area (Å²) in [6.07, 6.45) is 0. The van der Waals surface area contributed by atoms with Crippen molar-refractivity contribution in [3.05, 3.63) is 44.8 Å². The Hall–Kier alpha value is -1.33. The van der Waals surface area contributed by atoms with Gasteiger partial charge in [-0.05, 0) is 62.5 Å². The highest BCUT2D eigenvalue weighted by Crippen LogP contribution is 2.40. The number of aromatic nitrogens is 1. The fraction of sp³-hybridized carbons (Fsp3) is 0.0714. The molecule has 3 aromatic rings. The summed E-state index contributed by atoms with van der Waals surface area (Å²) in [5, 5.41) is 0. The first-order valence-electron chi connectivity index (χ1n) is 5.68. The van der Waals surface area contributed by atoms with Gasteiger partial charge in [0, 0.05) is 10.2 Å². The normalized spacial score (nSPS) is 11.1. The van der Waals surface area contributed by atoms with E-state index in [4.69, 9.17) is 10.2 Å². The van der Waals surface area contributed by atoms with Crippen LogP contribution in [-0.4, -0.2) is 4.98 Å². The van der Waals surface area contributed by atoms with E-state index in [1.165, 1.54) is 0 Å². The smallest absolute Gasteiger partial charge is 0.229 e. The maximum absolute atomic E-state index is 6.05. The minimum atomic E-state index is 0.548. The molecule has 0 saturated heterocycles. The van der Waals surface area contributed by atoms with Gasteiger partial charge >= 0.3 is 0 Å². The third-order valence-corrected chi connectivity index (χ3v) is 4.42. The number of anilines is 1. The Morgan fingerprint density at radius 1 is 1.21 bits per heavy atom. The van der Waals surface area contributed by atoms with Gasteiger partial charge in [0.15, 0.2) is 5.58 Å². The zero-order valence-electron chi connectivity index (χ0n) is 10.1. The van der Waals surface area contributed by atoms with Crippen LogP contribution < -0.4 is 5.73 Å². The molecule has 3 nitrogen and oxygen atoms in total. The van der Waals surface area contributed by atoms with Crippen molar-refractivity contribution in [2.24, 2.45) is 0 Å². The van der Waals surface area contributed by atoms with Crippen molar-refractivity contribution in [1.29, 1.82) is 0 Å². The van der Waals surface area contributed by atoms with Gasteiger partial charge in [-0.2, -0.15) is 0 Å². The molecule has 0 atom stereocenters. The third kappa shape index (κ3) is 2.07. The van der Waals surface area contributed by atoms with E-state index in [0.29, 0.717) is 11.6 Å². The number of nitrogen functional groups attached to an aromatic ring is 1. The summed E-state index contributed by atoms with van der Waals surface area (Å²) >= 11 is 7.06. The number of aryl methyl sites for hydroxylation is 1. The lowest BCUT2D eigenvalue weighted by Gasteiger charge is -2.09. The number of nitrogens with two attached hydrogens (primary N) is 1. The molecular formula is C14H10Br2N2O. The van der Waals surface area contributed by atoms with Gasteiger partial charge in [0.05, 0.1) is 10.0 Å². The Morgan fingerprint density at radius 3 is 2.68 bits per heavy atom.